The number of nitrogens with one attached hydrogen (secondary N) is 2. The Morgan fingerprint density at radius 2 is 1.94 bits per heavy atom. The van der Waals surface area contributed by atoms with Gasteiger partial charge in [0, 0.05) is 18.5 Å². The van der Waals surface area contributed by atoms with Gasteiger partial charge in [-0.2, -0.15) is 0 Å². The summed E-state index contributed by atoms with van der Waals surface area (Å²) in [7, 11) is 0. The molecule has 104 valence electrons. The van der Waals surface area contributed by atoms with Gasteiger partial charge in [-0.15, -0.1) is 0 Å². The molecule has 0 heterocycles. The smallest absolute Gasteiger partial charge is 0.220 e. The van der Waals surface area contributed by atoms with Crippen molar-refractivity contribution in [2.24, 2.45) is 5.92 Å². The molecule has 3 heteroatoms. The lowest BCUT2D eigenvalue weighted by Gasteiger charge is -2.31. The number of carbonyl (C=O) groups is 1. The highest BCUT2D eigenvalue weighted by Gasteiger charge is 2.24. The maximum atomic E-state index is 11.5. The van der Waals surface area contributed by atoms with Crippen molar-refractivity contribution in [3.05, 3.63) is 0 Å². The molecule has 2 aliphatic carbocycles. The minimum Gasteiger partial charge on any atom is -0.353 e. The van der Waals surface area contributed by atoms with Crippen molar-refractivity contribution in [2.45, 2.75) is 76.8 Å². The monoisotopic (exact) mass is 252 g/mol. The van der Waals surface area contributed by atoms with Crippen molar-refractivity contribution >= 4 is 5.91 Å². The standard InChI is InChI=1S/C15H28N2O/c1-2-12-6-3-4-7-14(12)16-11-5-8-15(18)17-13-9-10-13/h12-14,16H,2-11H2,1H3,(H,17,18). The number of hydrogen-bond acceptors (Lipinski definition) is 2. The van der Waals surface area contributed by atoms with E-state index in [1.54, 1.807) is 0 Å². The zero-order valence-corrected chi connectivity index (χ0v) is 11.7. The highest BCUT2D eigenvalue weighted by Crippen LogP contribution is 2.26. The van der Waals surface area contributed by atoms with Gasteiger partial charge in [-0.25, -0.2) is 0 Å². The molecular weight excluding hydrogens is 224 g/mol. The lowest BCUT2D eigenvalue weighted by atomic mass is 9.83. The van der Waals surface area contributed by atoms with Gasteiger partial charge in [0.1, 0.15) is 0 Å². The summed E-state index contributed by atoms with van der Waals surface area (Å²) in [5, 5.41) is 6.71. The van der Waals surface area contributed by atoms with Gasteiger partial charge in [0.05, 0.1) is 0 Å². The van der Waals surface area contributed by atoms with Crippen molar-refractivity contribution in [2.75, 3.05) is 6.54 Å². The summed E-state index contributed by atoms with van der Waals surface area (Å²) < 4.78 is 0. The summed E-state index contributed by atoms with van der Waals surface area (Å²) in [6.07, 6.45) is 10.8. The second-order valence-electron chi connectivity index (χ2n) is 5.96. The Labute approximate surface area is 111 Å². The summed E-state index contributed by atoms with van der Waals surface area (Å²) in [5.74, 6) is 1.11. The second-order valence-corrected chi connectivity index (χ2v) is 5.96. The molecule has 0 aromatic rings. The van der Waals surface area contributed by atoms with Gasteiger partial charge >= 0.3 is 0 Å². The third-order valence-corrected chi connectivity index (χ3v) is 4.36. The van der Waals surface area contributed by atoms with Crippen molar-refractivity contribution in [1.29, 1.82) is 0 Å². The molecule has 0 spiro atoms. The van der Waals surface area contributed by atoms with Crippen LogP contribution in [0, 0.1) is 5.92 Å². The van der Waals surface area contributed by atoms with E-state index in [1.165, 1.54) is 44.9 Å². The topological polar surface area (TPSA) is 41.1 Å². The van der Waals surface area contributed by atoms with Crippen LogP contribution in [0.3, 0.4) is 0 Å². The summed E-state index contributed by atoms with van der Waals surface area (Å²) in [5.41, 5.74) is 0. The molecule has 2 aliphatic rings. The third-order valence-electron chi connectivity index (χ3n) is 4.36. The van der Waals surface area contributed by atoms with Gasteiger partial charge in [-0.05, 0) is 44.6 Å². The molecule has 2 atom stereocenters. The third kappa shape index (κ3) is 4.60. The molecular formula is C15H28N2O. The van der Waals surface area contributed by atoms with Crippen LogP contribution in [0.15, 0.2) is 0 Å². The number of hydrogen-bond donors (Lipinski definition) is 2. The van der Waals surface area contributed by atoms with Crippen LogP contribution < -0.4 is 10.6 Å². The number of carbonyl (C=O) groups excluding carboxylic acids is 1. The lowest BCUT2D eigenvalue weighted by Crippen LogP contribution is -2.39. The highest BCUT2D eigenvalue weighted by atomic mass is 16.1. The van der Waals surface area contributed by atoms with Crippen molar-refractivity contribution in [3.63, 3.8) is 0 Å². The van der Waals surface area contributed by atoms with Gasteiger partial charge < -0.3 is 10.6 Å². The first-order valence-electron chi connectivity index (χ1n) is 7.82. The molecule has 18 heavy (non-hydrogen) atoms. The van der Waals surface area contributed by atoms with Gasteiger partial charge in [0.2, 0.25) is 5.91 Å². The van der Waals surface area contributed by atoms with E-state index < -0.39 is 0 Å². The van der Waals surface area contributed by atoms with Gasteiger partial charge in [0.25, 0.3) is 0 Å². The van der Waals surface area contributed by atoms with E-state index in [-0.39, 0.29) is 5.91 Å². The van der Waals surface area contributed by atoms with Crippen LogP contribution in [-0.2, 0) is 4.79 Å². The second kappa shape index (κ2) is 7.13. The Morgan fingerprint density at radius 1 is 1.17 bits per heavy atom. The first kappa shape index (κ1) is 13.9. The maximum absolute atomic E-state index is 11.5. The molecule has 2 fully saturated rings. The molecule has 2 N–H and O–H groups in total. The van der Waals surface area contributed by atoms with Crippen molar-refractivity contribution < 1.29 is 4.79 Å². The quantitative estimate of drug-likeness (QED) is 0.684. The minimum atomic E-state index is 0.245. The fourth-order valence-corrected chi connectivity index (χ4v) is 3.03. The van der Waals surface area contributed by atoms with E-state index in [2.05, 4.69) is 17.6 Å². The molecule has 2 unspecified atom stereocenters. The first-order chi connectivity index (χ1) is 8.79. The lowest BCUT2D eigenvalue weighted by molar-refractivity contribution is -0.121. The SMILES string of the molecule is CCC1CCCCC1NCCCC(=O)NC1CC1. The van der Waals surface area contributed by atoms with Crippen LogP contribution in [-0.4, -0.2) is 24.5 Å². The average Bonchev–Trinajstić information content (AvgIpc) is 3.19. The van der Waals surface area contributed by atoms with E-state index in [0.717, 1.165) is 18.9 Å². The summed E-state index contributed by atoms with van der Waals surface area (Å²) in [6, 6.07) is 1.21. The molecule has 3 nitrogen and oxygen atoms in total. The molecule has 0 aromatic heterocycles. The fourth-order valence-electron chi connectivity index (χ4n) is 3.03. The first-order valence-corrected chi connectivity index (χ1v) is 7.82. The Balaban J connectivity index is 1.54. The van der Waals surface area contributed by atoms with E-state index in [0.29, 0.717) is 18.5 Å². The van der Waals surface area contributed by atoms with Crippen LogP contribution in [0.25, 0.3) is 0 Å². The molecule has 0 bridgehead atoms. The molecule has 1 amide bonds. The Kier molecular flexibility index (Phi) is 5.48. The van der Waals surface area contributed by atoms with E-state index in [4.69, 9.17) is 0 Å². The zero-order chi connectivity index (χ0) is 12.8. The molecule has 2 saturated carbocycles. The van der Waals surface area contributed by atoms with Crippen LogP contribution >= 0.6 is 0 Å². The molecule has 0 radical (unpaired) electrons. The number of amides is 1. The molecule has 2 rings (SSSR count). The van der Waals surface area contributed by atoms with Crippen LogP contribution in [0.5, 0.6) is 0 Å². The highest BCUT2D eigenvalue weighted by molar-refractivity contribution is 5.76. The Morgan fingerprint density at radius 3 is 2.67 bits per heavy atom. The largest absolute Gasteiger partial charge is 0.353 e. The normalized spacial score (nSPS) is 28.1. The van der Waals surface area contributed by atoms with Gasteiger partial charge in [-0.1, -0.05) is 26.2 Å². The summed E-state index contributed by atoms with van der Waals surface area (Å²) in [4.78, 5) is 11.5. The van der Waals surface area contributed by atoms with Crippen molar-refractivity contribution in [3.8, 4) is 0 Å². The zero-order valence-electron chi connectivity index (χ0n) is 11.7. The average molecular weight is 252 g/mol. The summed E-state index contributed by atoms with van der Waals surface area (Å²) >= 11 is 0. The fraction of sp³-hybridized carbons (Fsp3) is 0.933. The predicted molar refractivity (Wildman–Crippen MR) is 74.4 cm³/mol. The van der Waals surface area contributed by atoms with Crippen LogP contribution in [0.2, 0.25) is 0 Å². The van der Waals surface area contributed by atoms with E-state index in [1.807, 2.05) is 0 Å². The van der Waals surface area contributed by atoms with Crippen LogP contribution in [0.1, 0.15) is 64.7 Å². The van der Waals surface area contributed by atoms with Gasteiger partial charge in [-0.3, -0.25) is 4.79 Å². The maximum Gasteiger partial charge on any atom is 0.220 e. The Bertz CT molecular complexity index is 263. The predicted octanol–water partition coefficient (Wildman–Crippen LogP) is 2.60. The minimum absolute atomic E-state index is 0.245. The molecule has 0 saturated heterocycles. The van der Waals surface area contributed by atoms with E-state index in [9.17, 15) is 4.79 Å². The van der Waals surface area contributed by atoms with Crippen molar-refractivity contribution in [1.82, 2.24) is 10.6 Å². The summed E-state index contributed by atoms with van der Waals surface area (Å²) in [6.45, 7) is 3.30. The number of rotatable bonds is 7. The molecule has 0 aromatic carbocycles. The molecule has 0 aliphatic heterocycles. The Hall–Kier alpha value is -0.570. The van der Waals surface area contributed by atoms with Crippen LogP contribution in [0.4, 0.5) is 0 Å². The van der Waals surface area contributed by atoms with Gasteiger partial charge in [0.15, 0.2) is 0 Å². The van der Waals surface area contributed by atoms with E-state index >= 15 is 0 Å².